The molecule has 0 bridgehead atoms. The SMILES string of the molecule is CNC(=O)[C@H](N[C@@H](CCc1ccc(C(F)(F)F)cc1)c1ccc2c(c1)OCCN2C)c1ccccc1.NC(=O)Cc1ccccc1. The van der Waals surface area contributed by atoms with Gasteiger partial charge in [0.15, 0.2) is 0 Å². The molecule has 0 radical (unpaired) electrons. The Labute approximate surface area is 267 Å². The highest BCUT2D eigenvalue weighted by Crippen LogP contribution is 2.35. The first-order valence-electron chi connectivity index (χ1n) is 15.0. The van der Waals surface area contributed by atoms with Crippen molar-refractivity contribution in [3.63, 3.8) is 0 Å². The number of carbonyl (C=O) groups is 2. The number of benzene rings is 4. The van der Waals surface area contributed by atoms with E-state index in [2.05, 4.69) is 15.5 Å². The number of fused-ring (bicyclic) bond motifs is 1. The Hall–Kier alpha value is -4.83. The number of halogens is 3. The van der Waals surface area contributed by atoms with E-state index >= 15 is 0 Å². The maximum atomic E-state index is 13.0. The maximum Gasteiger partial charge on any atom is 0.416 e. The number of anilines is 1. The minimum absolute atomic E-state index is 0.172. The number of hydrogen-bond donors (Lipinski definition) is 3. The fourth-order valence-corrected chi connectivity index (χ4v) is 5.22. The van der Waals surface area contributed by atoms with Gasteiger partial charge < -0.3 is 20.7 Å². The lowest BCUT2D eigenvalue weighted by molar-refractivity contribution is -0.137. The second kappa shape index (κ2) is 15.9. The average molecular weight is 633 g/mol. The van der Waals surface area contributed by atoms with Crippen LogP contribution in [0.2, 0.25) is 0 Å². The molecule has 0 aliphatic carbocycles. The van der Waals surface area contributed by atoms with Crippen LogP contribution in [0, 0.1) is 0 Å². The number of amides is 2. The molecule has 7 nitrogen and oxygen atoms in total. The summed E-state index contributed by atoms with van der Waals surface area (Å²) in [5.74, 6) is 0.319. The zero-order valence-corrected chi connectivity index (χ0v) is 25.9. The molecular formula is C36H39F3N4O3. The summed E-state index contributed by atoms with van der Waals surface area (Å²) >= 11 is 0. The number of ether oxygens (including phenoxy) is 1. The first-order chi connectivity index (χ1) is 22.0. The highest BCUT2D eigenvalue weighted by atomic mass is 19.4. The molecule has 46 heavy (non-hydrogen) atoms. The average Bonchev–Trinajstić information content (AvgIpc) is 3.05. The number of nitrogens with zero attached hydrogens (tertiary/aromatic N) is 1. The van der Waals surface area contributed by atoms with Crippen LogP contribution in [0.15, 0.2) is 103 Å². The number of nitrogens with two attached hydrogens (primary N) is 1. The predicted molar refractivity (Wildman–Crippen MR) is 173 cm³/mol. The standard InChI is InChI=1S/C28H30F3N3O2.C8H9NO/c1-32-27(35)26(20-6-4-3-5-7-20)33-23(14-10-19-8-12-22(13-9-19)28(29,30)31)21-11-15-24-25(18-21)36-17-16-34(24)2;9-8(10)6-7-4-2-1-3-5-7/h3-9,11-13,15,18,23,26,33H,10,14,16-17H2,1-2H3,(H,32,35);1-5H,6H2,(H2,9,10)/t23-,26+;/m0./s1. The van der Waals surface area contributed by atoms with Crippen molar-refractivity contribution >= 4 is 17.5 Å². The van der Waals surface area contributed by atoms with Crippen LogP contribution in [0.1, 0.15) is 46.3 Å². The first-order valence-corrected chi connectivity index (χ1v) is 15.0. The fourth-order valence-electron chi connectivity index (χ4n) is 5.22. The third kappa shape index (κ3) is 9.58. The Morgan fingerprint density at radius 3 is 2.15 bits per heavy atom. The van der Waals surface area contributed by atoms with Gasteiger partial charge in [-0.1, -0.05) is 78.9 Å². The number of rotatable bonds is 10. The number of likely N-dealkylation sites (N-methyl/N-ethyl adjacent to an activating group) is 2. The summed E-state index contributed by atoms with van der Waals surface area (Å²) in [6.07, 6.45) is -2.93. The molecule has 0 aromatic heterocycles. The minimum Gasteiger partial charge on any atom is -0.490 e. The molecule has 2 atom stereocenters. The molecule has 5 rings (SSSR count). The van der Waals surface area contributed by atoms with Gasteiger partial charge in [0.1, 0.15) is 18.4 Å². The zero-order chi connectivity index (χ0) is 33.1. The van der Waals surface area contributed by atoms with Crippen molar-refractivity contribution in [3.05, 3.63) is 131 Å². The lowest BCUT2D eigenvalue weighted by atomic mass is 9.95. The van der Waals surface area contributed by atoms with E-state index in [1.807, 2.05) is 85.9 Å². The van der Waals surface area contributed by atoms with Gasteiger partial charge in [-0.3, -0.25) is 14.9 Å². The molecule has 4 N–H and O–H groups in total. The van der Waals surface area contributed by atoms with Crippen molar-refractivity contribution < 1.29 is 27.5 Å². The maximum absolute atomic E-state index is 13.0. The molecule has 1 heterocycles. The van der Waals surface area contributed by atoms with Crippen LogP contribution in [-0.2, 0) is 28.6 Å². The largest absolute Gasteiger partial charge is 0.490 e. The number of hydrogen-bond acceptors (Lipinski definition) is 5. The van der Waals surface area contributed by atoms with Crippen molar-refractivity contribution in [2.45, 2.75) is 37.5 Å². The van der Waals surface area contributed by atoms with E-state index in [0.717, 1.165) is 52.4 Å². The Bertz CT molecular complexity index is 1570. The van der Waals surface area contributed by atoms with E-state index in [-0.39, 0.29) is 17.9 Å². The third-order valence-corrected chi connectivity index (χ3v) is 7.72. The van der Waals surface area contributed by atoms with Gasteiger partial charge in [-0.2, -0.15) is 13.2 Å². The highest BCUT2D eigenvalue weighted by molar-refractivity contribution is 5.83. The molecule has 0 saturated carbocycles. The van der Waals surface area contributed by atoms with Gasteiger partial charge in [-0.25, -0.2) is 0 Å². The van der Waals surface area contributed by atoms with E-state index in [9.17, 15) is 22.8 Å². The van der Waals surface area contributed by atoms with Gasteiger partial charge in [0.2, 0.25) is 11.8 Å². The van der Waals surface area contributed by atoms with Crippen molar-refractivity contribution in [2.75, 3.05) is 32.1 Å². The lowest BCUT2D eigenvalue weighted by Gasteiger charge is -2.30. The predicted octanol–water partition coefficient (Wildman–Crippen LogP) is 6.00. The first kappa shape index (κ1) is 34.1. The van der Waals surface area contributed by atoms with E-state index < -0.39 is 17.8 Å². The summed E-state index contributed by atoms with van der Waals surface area (Å²) in [7, 11) is 3.61. The van der Waals surface area contributed by atoms with Crippen molar-refractivity contribution in [2.24, 2.45) is 5.73 Å². The molecule has 0 saturated heterocycles. The Kier molecular flexibility index (Phi) is 11.8. The zero-order valence-electron chi connectivity index (χ0n) is 25.9. The third-order valence-electron chi connectivity index (χ3n) is 7.72. The molecule has 242 valence electrons. The second-order valence-corrected chi connectivity index (χ2v) is 11.0. The number of alkyl halides is 3. The summed E-state index contributed by atoms with van der Waals surface area (Å²) in [6, 6.07) is 29.3. The van der Waals surface area contributed by atoms with E-state index in [4.69, 9.17) is 10.5 Å². The van der Waals surface area contributed by atoms with Gasteiger partial charge in [0.25, 0.3) is 0 Å². The number of nitrogens with one attached hydrogen (secondary N) is 2. The van der Waals surface area contributed by atoms with Crippen molar-refractivity contribution in [1.29, 1.82) is 0 Å². The molecule has 10 heteroatoms. The molecule has 0 spiro atoms. The number of primary amides is 1. The van der Waals surface area contributed by atoms with Crippen LogP contribution in [0.3, 0.4) is 0 Å². The lowest BCUT2D eigenvalue weighted by Crippen LogP contribution is -2.38. The molecule has 1 aliphatic rings. The summed E-state index contributed by atoms with van der Waals surface area (Å²) in [5, 5.41) is 6.23. The monoisotopic (exact) mass is 632 g/mol. The molecule has 4 aromatic rings. The molecule has 4 aromatic carbocycles. The molecule has 0 unspecified atom stereocenters. The van der Waals surface area contributed by atoms with Crippen LogP contribution in [-0.4, -0.2) is 39.1 Å². The molecule has 0 fully saturated rings. The van der Waals surface area contributed by atoms with Crippen LogP contribution >= 0.6 is 0 Å². The van der Waals surface area contributed by atoms with Gasteiger partial charge in [0, 0.05) is 20.1 Å². The Balaban J connectivity index is 0.000000409. The molecule has 2 amide bonds. The molecule has 1 aliphatic heterocycles. The Morgan fingerprint density at radius 2 is 1.54 bits per heavy atom. The van der Waals surface area contributed by atoms with Gasteiger partial charge in [0.05, 0.1) is 24.2 Å². The van der Waals surface area contributed by atoms with Crippen LogP contribution in [0.4, 0.5) is 18.9 Å². The normalized spacial score (nSPS) is 13.7. The van der Waals surface area contributed by atoms with Crippen LogP contribution in [0.25, 0.3) is 0 Å². The summed E-state index contributed by atoms with van der Waals surface area (Å²) in [4.78, 5) is 25.4. The summed E-state index contributed by atoms with van der Waals surface area (Å²) < 4.78 is 44.8. The van der Waals surface area contributed by atoms with E-state index in [1.165, 1.54) is 12.1 Å². The second-order valence-electron chi connectivity index (χ2n) is 11.0. The van der Waals surface area contributed by atoms with E-state index in [0.29, 0.717) is 25.9 Å². The smallest absolute Gasteiger partial charge is 0.416 e. The summed E-state index contributed by atoms with van der Waals surface area (Å²) in [5.41, 5.74) is 8.85. The van der Waals surface area contributed by atoms with E-state index in [1.54, 1.807) is 7.05 Å². The topological polar surface area (TPSA) is 96.7 Å². The van der Waals surface area contributed by atoms with Crippen molar-refractivity contribution in [3.8, 4) is 5.75 Å². The van der Waals surface area contributed by atoms with Gasteiger partial charge in [-0.05, 0) is 59.4 Å². The van der Waals surface area contributed by atoms with Crippen LogP contribution < -0.4 is 26.0 Å². The number of aryl methyl sites for hydroxylation is 1. The minimum atomic E-state index is -4.37. The van der Waals surface area contributed by atoms with Crippen molar-refractivity contribution in [1.82, 2.24) is 10.6 Å². The molecular weight excluding hydrogens is 593 g/mol. The van der Waals surface area contributed by atoms with Gasteiger partial charge >= 0.3 is 6.18 Å². The van der Waals surface area contributed by atoms with Crippen LogP contribution in [0.5, 0.6) is 5.75 Å². The van der Waals surface area contributed by atoms with Gasteiger partial charge in [-0.15, -0.1) is 0 Å². The fraction of sp³-hybridized carbons (Fsp3) is 0.278. The highest BCUT2D eigenvalue weighted by Gasteiger charge is 2.30. The quantitative estimate of drug-likeness (QED) is 0.199. The summed E-state index contributed by atoms with van der Waals surface area (Å²) in [6.45, 7) is 1.39. The Morgan fingerprint density at radius 1 is 0.891 bits per heavy atom. The number of carbonyl (C=O) groups excluding carboxylic acids is 2.